The van der Waals surface area contributed by atoms with Gasteiger partial charge in [-0.1, -0.05) is 71.6 Å². The molecule has 1 saturated heterocycles. The Labute approximate surface area is 138 Å². The monoisotopic (exact) mass is 314 g/mol. The van der Waals surface area contributed by atoms with Crippen molar-refractivity contribution in [2.75, 3.05) is 19.8 Å². The Morgan fingerprint density at radius 3 is 2.05 bits per heavy atom. The van der Waals surface area contributed by atoms with Crippen molar-refractivity contribution in [1.82, 2.24) is 0 Å². The van der Waals surface area contributed by atoms with Gasteiger partial charge in [-0.05, 0) is 19.8 Å². The number of hydrogen-bond donors (Lipinski definition) is 0. The standard InChI is InChI=1S/C19H38O3/c1-4-6-7-8-9-10-11-12-13-14-15-20-16-18-17-21-19(3,5-2)22-18/h18H,4-17H2,1-3H3. The zero-order chi connectivity index (χ0) is 16.1. The van der Waals surface area contributed by atoms with Crippen molar-refractivity contribution in [3.63, 3.8) is 0 Å². The zero-order valence-electron chi connectivity index (χ0n) is 15.2. The van der Waals surface area contributed by atoms with E-state index in [1.54, 1.807) is 0 Å². The van der Waals surface area contributed by atoms with E-state index >= 15 is 0 Å². The molecular weight excluding hydrogens is 276 g/mol. The average Bonchev–Trinajstić information content (AvgIpc) is 2.91. The molecule has 3 nitrogen and oxygen atoms in total. The summed E-state index contributed by atoms with van der Waals surface area (Å²) in [4.78, 5) is 0. The largest absolute Gasteiger partial charge is 0.379 e. The summed E-state index contributed by atoms with van der Waals surface area (Å²) >= 11 is 0. The van der Waals surface area contributed by atoms with Crippen molar-refractivity contribution >= 4 is 0 Å². The summed E-state index contributed by atoms with van der Waals surface area (Å²) in [6.45, 7) is 8.58. The first kappa shape index (κ1) is 19.9. The van der Waals surface area contributed by atoms with Crippen molar-refractivity contribution in [2.45, 2.75) is 103 Å². The van der Waals surface area contributed by atoms with Gasteiger partial charge >= 0.3 is 0 Å². The van der Waals surface area contributed by atoms with E-state index in [0.717, 1.165) is 13.0 Å². The lowest BCUT2D eigenvalue weighted by Gasteiger charge is -2.21. The van der Waals surface area contributed by atoms with Gasteiger partial charge in [0.2, 0.25) is 0 Å². The highest BCUT2D eigenvalue weighted by molar-refractivity contribution is 4.73. The quantitative estimate of drug-likeness (QED) is 0.398. The van der Waals surface area contributed by atoms with Crippen molar-refractivity contribution in [2.24, 2.45) is 0 Å². The molecule has 1 aliphatic rings. The normalized spacial score (nSPS) is 25.0. The van der Waals surface area contributed by atoms with Gasteiger partial charge in [0.25, 0.3) is 0 Å². The second kappa shape index (κ2) is 12.3. The summed E-state index contributed by atoms with van der Waals surface area (Å²) in [5, 5.41) is 0. The zero-order valence-corrected chi connectivity index (χ0v) is 15.2. The van der Waals surface area contributed by atoms with E-state index in [2.05, 4.69) is 13.8 Å². The minimum atomic E-state index is -0.384. The van der Waals surface area contributed by atoms with Gasteiger partial charge in [0.15, 0.2) is 5.79 Å². The van der Waals surface area contributed by atoms with Crippen molar-refractivity contribution < 1.29 is 14.2 Å². The molecule has 0 N–H and O–H groups in total. The lowest BCUT2D eigenvalue weighted by Crippen LogP contribution is -2.27. The molecule has 132 valence electrons. The Morgan fingerprint density at radius 2 is 1.50 bits per heavy atom. The van der Waals surface area contributed by atoms with Crippen LogP contribution in [0.3, 0.4) is 0 Å². The molecule has 1 heterocycles. The van der Waals surface area contributed by atoms with Gasteiger partial charge < -0.3 is 14.2 Å². The van der Waals surface area contributed by atoms with Crippen molar-refractivity contribution in [3.05, 3.63) is 0 Å². The molecule has 0 amide bonds. The molecule has 0 aromatic carbocycles. The van der Waals surface area contributed by atoms with E-state index in [9.17, 15) is 0 Å². The van der Waals surface area contributed by atoms with E-state index in [0.29, 0.717) is 13.2 Å². The number of unbranched alkanes of at least 4 members (excludes halogenated alkanes) is 9. The second-order valence-electron chi connectivity index (χ2n) is 6.80. The van der Waals surface area contributed by atoms with Crippen LogP contribution in [0.4, 0.5) is 0 Å². The molecule has 0 radical (unpaired) electrons. The molecule has 1 rings (SSSR count). The highest BCUT2D eigenvalue weighted by Crippen LogP contribution is 2.26. The molecule has 0 saturated carbocycles. The molecule has 2 atom stereocenters. The SMILES string of the molecule is CCCCCCCCCCCCOCC1COC(C)(CC)O1. The van der Waals surface area contributed by atoms with E-state index < -0.39 is 0 Å². The van der Waals surface area contributed by atoms with Crippen molar-refractivity contribution in [1.29, 1.82) is 0 Å². The third-order valence-electron chi connectivity index (χ3n) is 4.58. The van der Waals surface area contributed by atoms with E-state index in [1.807, 2.05) is 6.92 Å². The maximum absolute atomic E-state index is 5.85. The van der Waals surface area contributed by atoms with Crippen LogP contribution in [0.2, 0.25) is 0 Å². The molecule has 2 unspecified atom stereocenters. The molecule has 0 aliphatic carbocycles. The number of hydrogen-bond acceptors (Lipinski definition) is 3. The van der Waals surface area contributed by atoms with Gasteiger partial charge in [0.1, 0.15) is 6.10 Å². The highest BCUT2D eigenvalue weighted by Gasteiger charge is 2.35. The van der Waals surface area contributed by atoms with Gasteiger partial charge in [-0.15, -0.1) is 0 Å². The summed E-state index contributed by atoms with van der Waals surface area (Å²) in [6, 6.07) is 0. The lowest BCUT2D eigenvalue weighted by atomic mass is 10.1. The molecule has 1 fully saturated rings. The minimum absolute atomic E-state index is 0.119. The second-order valence-corrected chi connectivity index (χ2v) is 6.80. The van der Waals surface area contributed by atoms with Gasteiger partial charge in [-0.25, -0.2) is 0 Å². The fraction of sp³-hybridized carbons (Fsp3) is 1.00. The van der Waals surface area contributed by atoms with Gasteiger partial charge in [0, 0.05) is 6.61 Å². The van der Waals surface area contributed by atoms with Crippen LogP contribution in [-0.4, -0.2) is 31.7 Å². The van der Waals surface area contributed by atoms with Crippen LogP contribution >= 0.6 is 0 Å². The van der Waals surface area contributed by atoms with Crippen LogP contribution in [0.1, 0.15) is 91.4 Å². The maximum Gasteiger partial charge on any atom is 0.165 e. The first-order valence-corrected chi connectivity index (χ1v) is 9.59. The Morgan fingerprint density at radius 1 is 0.909 bits per heavy atom. The Kier molecular flexibility index (Phi) is 11.2. The third-order valence-corrected chi connectivity index (χ3v) is 4.58. The molecule has 3 heteroatoms. The van der Waals surface area contributed by atoms with Gasteiger partial charge in [-0.3, -0.25) is 0 Å². The Hall–Kier alpha value is -0.120. The molecule has 1 aliphatic heterocycles. The molecule has 0 bridgehead atoms. The summed E-state index contributed by atoms with van der Waals surface area (Å²) in [7, 11) is 0. The van der Waals surface area contributed by atoms with Gasteiger partial charge in [0.05, 0.1) is 13.2 Å². The van der Waals surface area contributed by atoms with Crippen molar-refractivity contribution in [3.8, 4) is 0 Å². The van der Waals surface area contributed by atoms with Crippen LogP contribution in [0.5, 0.6) is 0 Å². The van der Waals surface area contributed by atoms with Gasteiger partial charge in [-0.2, -0.15) is 0 Å². The number of rotatable bonds is 14. The first-order chi connectivity index (χ1) is 10.7. The smallest absolute Gasteiger partial charge is 0.165 e. The summed E-state index contributed by atoms with van der Waals surface area (Å²) < 4.78 is 17.2. The van der Waals surface area contributed by atoms with Crippen LogP contribution in [0.15, 0.2) is 0 Å². The topological polar surface area (TPSA) is 27.7 Å². The fourth-order valence-corrected chi connectivity index (χ4v) is 2.86. The van der Waals surface area contributed by atoms with Crippen LogP contribution < -0.4 is 0 Å². The predicted octanol–water partition coefficient (Wildman–Crippen LogP) is 5.47. The maximum atomic E-state index is 5.85. The Bertz CT molecular complexity index is 257. The third kappa shape index (κ3) is 9.12. The van der Waals surface area contributed by atoms with E-state index in [-0.39, 0.29) is 11.9 Å². The molecular formula is C19H38O3. The van der Waals surface area contributed by atoms with E-state index in [4.69, 9.17) is 14.2 Å². The minimum Gasteiger partial charge on any atom is -0.379 e. The fourth-order valence-electron chi connectivity index (χ4n) is 2.86. The van der Waals surface area contributed by atoms with Crippen LogP contribution in [-0.2, 0) is 14.2 Å². The lowest BCUT2D eigenvalue weighted by molar-refractivity contribution is -0.160. The highest BCUT2D eigenvalue weighted by atomic mass is 16.7. The first-order valence-electron chi connectivity index (χ1n) is 9.59. The predicted molar refractivity (Wildman–Crippen MR) is 92.2 cm³/mol. The summed E-state index contributed by atoms with van der Waals surface area (Å²) in [6.07, 6.45) is 14.7. The van der Waals surface area contributed by atoms with E-state index in [1.165, 1.54) is 64.2 Å². The molecule has 0 spiro atoms. The number of ether oxygens (including phenoxy) is 3. The van der Waals surface area contributed by atoms with Crippen LogP contribution in [0.25, 0.3) is 0 Å². The Balaban J connectivity index is 1.79. The average molecular weight is 315 g/mol. The molecule has 0 aromatic heterocycles. The van der Waals surface area contributed by atoms with Crippen LogP contribution in [0, 0.1) is 0 Å². The molecule has 22 heavy (non-hydrogen) atoms. The summed E-state index contributed by atoms with van der Waals surface area (Å²) in [5.41, 5.74) is 0. The molecule has 0 aromatic rings. The summed E-state index contributed by atoms with van der Waals surface area (Å²) in [5.74, 6) is -0.384.